The summed E-state index contributed by atoms with van der Waals surface area (Å²) in [5.74, 6) is -0.516. The number of fused-ring (bicyclic) bond motifs is 1. The zero-order chi connectivity index (χ0) is 10.1. The summed E-state index contributed by atoms with van der Waals surface area (Å²) in [5.41, 5.74) is 0.852. The number of carbonyl (C=O) groups is 1. The van der Waals surface area contributed by atoms with E-state index >= 15 is 0 Å². The van der Waals surface area contributed by atoms with Gasteiger partial charge in [0, 0.05) is 18.2 Å². The fraction of sp³-hybridized carbons (Fsp3) is 0.364. The molecule has 0 saturated heterocycles. The van der Waals surface area contributed by atoms with Crippen LogP contribution >= 0.6 is 0 Å². The molecule has 1 N–H and O–H groups in total. The summed E-state index contributed by atoms with van der Waals surface area (Å²) >= 11 is 0. The van der Waals surface area contributed by atoms with Gasteiger partial charge in [-0.3, -0.25) is 4.79 Å². The summed E-state index contributed by atoms with van der Waals surface area (Å²) in [4.78, 5) is 11.6. The van der Waals surface area contributed by atoms with Crippen LogP contribution in [0.5, 0.6) is 0 Å². The second kappa shape index (κ2) is 3.40. The minimum absolute atomic E-state index is 0.0938. The first kappa shape index (κ1) is 9.19. The molecule has 1 heterocycles. The first-order valence-corrected chi connectivity index (χ1v) is 4.80. The minimum atomic E-state index is -0.422. The Morgan fingerprint density at radius 2 is 2.36 bits per heavy atom. The van der Waals surface area contributed by atoms with Gasteiger partial charge in [0.15, 0.2) is 5.78 Å². The van der Waals surface area contributed by atoms with Crippen molar-refractivity contribution in [1.82, 2.24) is 0 Å². The lowest BCUT2D eigenvalue weighted by Gasteiger charge is -2.25. The van der Waals surface area contributed by atoms with Gasteiger partial charge in [0.25, 0.3) is 0 Å². The molecule has 0 fully saturated rings. The predicted octanol–water partition coefficient (Wildman–Crippen LogP) is 2.60. The van der Waals surface area contributed by atoms with Crippen molar-refractivity contribution >= 4 is 11.5 Å². The Kier molecular flexibility index (Phi) is 2.23. The van der Waals surface area contributed by atoms with Crippen molar-refractivity contribution in [2.24, 2.45) is 0 Å². The van der Waals surface area contributed by atoms with E-state index in [2.05, 4.69) is 5.32 Å². The van der Waals surface area contributed by atoms with Crippen molar-refractivity contribution in [3.63, 3.8) is 0 Å². The molecule has 74 valence electrons. The Balaban J connectivity index is 2.45. The highest BCUT2D eigenvalue weighted by atomic mass is 19.1. The van der Waals surface area contributed by atoms with Crippen LogP contribution in [0.4, 0.5) is 10.1 Å². The highest BCUT2D eigenvalue weighted by molar-refractivity contribution is 6.03. The summed E-state index contributed by atoms with van der Waals surface area (Å²) in [6, 6.07) is 4.84. The van der Waals surface area contributed by atoms with Gasteiger partial charge in [-0.05, 0) is 18.6 Å². The zero-order valence-electron chi connectivity index (χ0n) is 8.01. The zero-order valence-corrected chi connectivity index (χ0v) is 8.01. The number of hydrogen-bond donors (Lipinski definition) is 1. The molecule has 0 radical (unpaired) electrons. The first-order valence-electron chi connectivity index (χ1n) is 4.80. The summed E-state index contributed by atoms with van der Waals surface area (Å²) in [7, 11) is 0. The fourth-order valence-corrected chi connectivity index (χ4v) is 1.77. The van der Waals surface area contributed by atoms with E-state index < -0.39 is 5.82 Å². The number of halogens is 1. The molecule has 0 aliphatic carbocycles. The van der Waals surface area contributed by atoms with E-state index in [1.165, 1.54) is 6.07 Å². The Labute approximate surface area is 82.1 Å². The Morgan fingerprint density at radius 1 is 1.57 bits per heavy atom. The van der Waals surface area contributed by atoms with Crippen molar-refractivity contribution in [3.8, 4) is 0 Å². The lowest BCUT2D eigenvalue weighted by molar-refractivity contribution is 0.0968. The minimum Gasteiger partial charge on any atom is -0.381 e. The maximum absolute atomic E-state index is 13.3. The number of rotatable bonds is 1. The van der Waals surface area contributed by atoms with Crippen molar-refractivity contribution in [2.75, 3.05) is 5.32 Å². The van der Waals surface area contributed by atoms with Gasteiger partial charge < -0.3 is 5.32 Å². The van der Waals surface area contributed by atoms with Crippen molar-refractivity contribution in [1.29, 1.82) is 0 Å². The molecule has 14 heavy (non-hydrogen) atoms. The SMILES string of the molecule is CCC1CC(=O)c2c(F)cccc2N1. The highest BCUT2D eigenvalue weighted by Gasteiger charge is 2.25. The third-order valence-corrected chi connectivity index (χ3v) is 2.58. The molecule has 1 aliphatic rings. The molecule has 0 spiro atoms. The molecular weight excluding hydrogens is 181 g/mol. The maximum atomic E-state index is 13.3. The van der Waals surface area contributed by atoms with Crippen molar-refractivity contribution < 1.29 is 9.18 Å². The second-order valence-electron chi connectivity index (χ2n) is 3.54. The number of hydrogen-bond acceptors (Lipinski definition) is 2. The topological polar surface area (TPSA) is 29.1 Å². The smallest absolute Gasteiger partial charge is 0.169 e. The number of anilines is 1. The molecule has 1 atom stereocenters. The molecule has 0 saturated carbocycles. The van der Waals surface area contributed by atoms with Crippen molar-refractivity contribution in [3.05, 3.63) is 29.6 Å². The van der Waals surface area contributed by atoms with Gasteiger partial charge in [-0.1, -0.05) is 13.0 Å². The van der Waals surface area contributed by atoms with E-state index in [0.29, 0.717) is 12.1 Å². The largest absolute Gasteiger partial charge is 0.381 e. The van der Waals surface area contributed by atoms with Gasteiger partial charge in [-0.2, -0.15) is 0 Å². The monoisotopic (exact) mass is 193 g/mol. The third-order valence-electron chi connectivity index (χ3n) is 2.58. The van der Waals surface area contributed by atoms with Crippen LogP contribution in [0.15, 0.2) is 18.2 Å². The Hall–Kier alpha value is -1.38. The van der Waals surface area contributed by atoms with E-state index in [-0.39, 0.29) is 17.4 Å². The summed E-state index contributed by atoms with van der Waals surface area (Å²) in [5, 5.41) is 3.16. The van der Waals surface area contributed by atoms with Crippen LogP contribution in [0, 0.1) is 5.82 Å². The number of ketones is 1. The number of carbonyl (C=O) groups excluding carboxylic acids is 1. The lowest BCUT2D eigenvalue weighted by atomic mass is 9.95. The molecule has 1 aromatic rings. The van der Waals surface area contributed by atoms with Gasteiger partial charge in [0.2, 0.25) is 0 Å². The average molecular weight is 193 g/mol. The second-order valence-corrected chi connectivity index (χ2v) is 3.54. The van der Waals surface area contributed by atoms with Gasteiger partial charge in [0.1, 0.15) is 5.82 Å². The fourth-order valence-electron chi connectivity index (χ4n) is 1.77. The summed E-state index contributed by atoms with van der Waals surface area (Å²) in [6.07, 6.45) is 1.27. The molecule has 2 nitrogen and oxygen atoms in total. The third kappa shape index (κ3) is 1.39. The van der Waals surface area contributed by atoms with Crippen LogP contribution in [-0.2, 0) is 0 Å². The lowest BCUT2D eigenvalue weighted by Crippen LogP contribution is -2.29. The predicted molar refractivity (Wildman–Crippen MR) is 53.0 cm³/mol. The van der Waals surface area contributed by atoms with Gasteiger partial charge in [-0.25, -0.2) is 4.39 Å². The van der Waals surface area contributed by atoms with Crippen molar-refractivity contribution in [2.45, 2.75) is 25.8 Å². The molecule has 1 aliphatic heterocycles. The van der Waals surface area contributed by atoms with Crippen LogP contribution in [0.2, 0.25) is 0 Å². The Morgan fingerprint density at radius 3 is 3.07 bits per heavy atom. The van der Waals surface area contributed by atoms with Gasteiger partial charge in [-0.15, -0.1) is 0 Å². The first-order chi connectivity index (χ1) is 6.72. The molecule has 0 amide bonds. The standard InChI is InChI=1S/C11H12FNO/c1-2-7-6-10(14)11-8(12)4-3-5-9(11)13-7/h3-5,7,13H,2,6H2,1H3. The number of benzene rings is 1. The molecule has 0 aromatic heterocycles. The van der Waals surface area contributed by atoms with Crippen LogP contribution in [0.3, 0.4) is 0 Å². The quantitative estimate of drug-likeness (QED) is 0.742. The van der Waals surface area contributed by atoms with Crippen LogP contribution in [0.1, 0.15) is 30.1 Å². The molecule has 2 rings (SSSR count). The molecule has 3 heteroatoms. The van der Waals surface area contributed by atoms with E-state index in [9.17, 15) is 9.18 Å². The Bertz CT molecular complexity index is 376. The van der Waals surface area contributed by atoms with Crippen LogP contribution in [-0.4, -0.2) is 11.8 Å². The normalized spacial score (nSPS) is 20.1. The van der Waals surface area contributed by atoms with E-state index in [1.54, 1.807) is 12.1 Å². The molecule has 1 unspecified atom stereocenters. The summed E-state index contributed by atoms with van der Waals surface area (Å²) in [6.45, 7) is 2.01. The van der Waals surface area contributed by atoms with Crippen LogP contribution in [0.25, 0.3) is 0 Å². The number of Topliss-reactive ketones (excluding diaryl/α,β-unsaturated/α-hetero) is 1. The molecule has 0 bridgehead atoms. The van der Waals surface area contributed by atoms with Gasteiger partial charge >= 0.3 is 0 Å². The molecular formula is C11H12FNO. The highest BCUT2D eigenvalue weighted by Crippen LogP contribution is 2.27. The van der Waals surface area contributed by atoms with E-state index in [4.69, 9.17) is 0 Å². The maximum Gasteiger partial charge on any atom is 0.169 e. The van der Waals surface area contributed by atoms with E-state index in [1.807, 2.05) is 6.92 Å². The van der Waals surface area contributed by atoms with Gasteiger partial charge in [0.05, 0.1) is 5.56 Å². The van der Waals surface area contributed by atoms with Crippen LogP contribution < -0.4 is 5.32 Å². The van der Waals surface area contributed by atoms with E-state index in [0.717, 1.165) is 6.42 Å². The number of nitrogens with one attached hydrogen (secondary N) is 1. The molecule has 1 aromatic carbocycles. The summed E-state index contributed by atoms with van der Waals surface area (Å²) < 4.78 is 13.3. The average Bonchev–Trinajstić information content (AvgIpc) is 2.17.